The molecule has 0 saturated heterocycles. The summed E-state index contributed by atoms with van der Waals surface area (Å²) in [7, 11) is 0. The summed E-state index contributed by atoms with van der Waals surface area (Å²) in [5.41, 5.74) is -0.859. The lowest BCUT2D eigenvalue weighted by molar-refractivity contribution is -0.137. The van der Waals surface area contributed by atoms with E-state index in [1.54, 1.807) is 6.07 Å². The highest BCUT2D eigenvalue weighted by atomic mass is 19.4. The van der Waals surface area contributed by atoms with Crippen LogP contribution in [0.5, 0.6) is 0 Å². The molecule has 6 nitrogen and oxygen atoms in total. The summed E-state index contributed by atoms with van der Waals surface area (Å²) >= 11 is 0. The van der Waals surface area contributed by atoms with Gasteiger partial charge < -0.3 is 20.4 Å². The molecule has 0 fully saturated rings. The van der Waals surface area contributed by atoms with E-state index in [1.807, 2.05) is 0 Å². The number of benzene rings is 1. The summed E-state index contributed by atoms with van der Waals surface area (Å²) in [5, 5.41) is 29.4. The van der Waals surface area contributed by atoms with Crippen molar-refractivity contribution in [1.82, 2.24) is 4.90 Å². The Kier molecular flexibility index (Phi) is 7.23. The predicted octanol–water partition coefficient (Wildman–Crippen LogP) is 1.34. The first-order chi connectivity index (χ1) is 11.3. The van der Waals surface area contributed by atoms with Crippen molar-refractivity contribution >= 4 is 11.6 Å². The zero-order valence-electron chi connectivity index (χ0n) is 12.5. The van der Waals surface area contributed by atoms with Crippen molar-refractivity contribution < 1.29 is 28.2 Å². The fraction of sp³-hybridized carbons (Fsp3) is 0.333. The smallest absolute Gasteiger partial charge is 0.395 e. The minimum Gasteiger partial charge on any atom is -0.395 e. The Morgan fingerprint density at radius 2 is 1.75 bits per heavy atom. The number of hydrogen-bond acceptors (Lipinski definition) is 5. The Bertz CT molecular complexity index is 616. The minimum absolute atomic E-state index is 0.0569. The van der Waals surface area contributed by atoms with Crippen molar-refractivity contribution in [2.24, 2.45) is 0 Å². The largest absolute Gasteiger partial charge is 0.416 e. The summed E-state index contributed by atoms with van der Waals surface area (Å²) in [6, 6.07) is 5.74. The maximum absolute atomic E-state index is 12.5. The molecule has 1 aromatic rings. The number of nitrogens with zero attached hydrogens (tertiary/aromatic N) is 2. The van der Waals surface area contributed by atoms with Crippen LogP contribution in [0, 0.1) is 11.3 Å². The highest BCUT2D eigenvalue weighted by molar-refractivity contribution is 5.97. The van der Waals surface area contributed by atoms with Crippen molar-refractivity contribution in [3.05, 3.63) is 41.6 Å². The van der Waals surface area contributed by atoms with Crippen LogP contribution in [-0.2, 0) is 11.0 Å². The number of aliphatic hydroxyl groups is 2. The number of anilines is 1. The second-order valence-electron chi connectivity index (χ2n) is 4.63. The van der Waals surface area contributed by atoms with Crippen LogP contribution < -0.4 is 5.32 Å². The van der Waals surface area contributed by atoms with Gasteiger partial charge in [-0.1, -0.05) is 0 Å². The molecule has 0 aliphatic heterocycles. The molecular weight excluding hydrogens is 327 g/mol. The van der Waals surface area contributed by atoms with Gasteiger partial charge >= 0.3 is 6.18 Å². The van der Waals surface area contributed by atoms with Crippen molar-refractivity contribution in [3.63, 3.8) is 0 Å². The Morgan fingerprint density at radius 3 is 2.17 bits per heavy atom. The zero-order chi connectivity index (χ0) is 18.2. The molecule has 1 aromatic carbocycles. The van der Waals surface area contributed by atoms with Crippen molar-refractivity contribution in [2.45, 2.75) is 6.18 Å². The molecule has 1 rings (SSSR count). The summed E-state index contributed by atoms with van der Waals surface area (Å²) in [6.07, 6.45) is -3.39. The molecule has 0 spiro atoms. The van der Waals surface area contributed by atoms with Gasteiger partial charge in [0.1, 0.15) is 11.6 Å². The fourth-order valence-corrected chi connectivity index (χ4v) is 1.78. The monoisotopic (exact) mass is 343 g/mol. The van der Waals surface area contributed by atoms with Crippen molar-refractivity contribution in [1.29, 1.82) is 5.26 Å². The third kappa shape index (κ3) is 5.57. The maximum Gasteiger partial charge on any atom is 0.416 e. The Labute approximate surface area is 136 Å². The lowest BCUT2D eigenvalue weighted by Crippen LogP contribution is -2.36. The number of amides is 1. The normalized spacial score (nSPS) is 11.8. The fourth-order valence-electron chi connectivity index (χ4n) is 1.78. The van der Waals surface area contributed by atoms with E-state index < -0.39 is 17.6 Å². The molecule has 0 aromatic heterocycles. The number of hydrogen-bond donors (Lipinski definition) is 3. The van der Waals surface area contributed by atoms with Crippen LogP contribution in [0.15, 0.2) is 36.0 Å². The van der Waals surface area contributed by atoms with Crippen LogP contribution in [-0.4, -0.2) is 47.3 Å². The van der Waals surface area contributed by atoms with Crippen LogP contribution in [0.2, 0.25) is 0 Å². The summed E-state index contributed by atoms with van der Waals surface area (Å²) < 4.78 is 37.4. The van der Waals surface area contributed by atoms with E-state index in [0.717, 1.165) is 35.4 Å². The first-order valence-electron chi connectivity index (χ1n) is 6.88. The van der Waals surface area contributed by atoms with Crippen molar-refractivity contribution in [2.75, 3.05) is 31.6 Å². The number of nitriles is 1. The van der Waals surface area contributed by atoms with Gasteiger partial charge in [-0.25, -0.2) is 0 Å². The van der Waals surface area contributed by atoms with E-state index in [9.17, 15) is 18.0 Å². The molecule has 0 bridgehead atoms. The second kappa shape index (κ2) is 8.90. The third-order valence-corrected chi connectivity index (χ3v) is 2.97. The Morgan fingerprint density at radius 1 is 1.21 bits per heavy atom. The number of alkyl halides is 3. The summed E-state index contributed by atoms with van der Waals surface area (Å²) in [4.78, 5) is 13.2. The van der Waals surface area contributed by atoms with Gasteiger partial charge in [0.25, 0.3) is 5.91 Å². The molecule has 0 aliphatic carbocycles. The molecule has 0 heterocycles. The average molecular weight is 343 g/mol. The number of rotatable bonds is 7. The van der Waals surface area contributed by atoms with E-state index in [-0.39, 0.29) is 37.6 Å². The topological polar surface area (TPSA) is 96.6 Å². The highest BCUT2D eigenvalue weighted by Gasteiger charge is 2.29. The third-order valence-electron chi connectivity index (χ3n) is 2.97. The molecule has 0 unspecified atom stereocenters. The standard InChI is InChI=1S/C15H16F3N3O3/c16-15(17,18)12-1-3-13(4-2-12)20-10-11(9-19)14(24)21(5-7-22)6-8-23/h1-4,10,20,22-23H,5-8H2/b11-10-. The van der Waals surface area contributed by atoms with Gasteiger partial charge in [-0.3, -0.25) is 4.79 Å². The van der Waals surface area contributed by atoms with Gasteiger partial charge in [0.15, 0.2) is 0 Å². The van der Waals surface area contributed by atoms with Gasteiger partial charge in [0.05, 0.1) is 18.8 Å². The SMILES string of the molecule is N#C/C(=C/Nc1ccc(C(F)(F)F)cc1)C(=O)N(CCO)CCO. The molecule has 1 amide bonds. The first-order valence-corrected chi connectivity index (χ1v) is 6.88. The van der Waals surface area contributed by atoms with Crippen LogP contribution in [0.25, 0.3) is 0 Å². The maximum atomic E-state index is 12.5. The average Bonchev–Trinajstić information content (AvgIpc) is 2.54. The Hall–Kier alpha value is -2.57. The van der Waals surface area contributed by atoms with Gasteiger partial charge in [0.2, 0.25) is 0 Å². The quantitative estimate of drug-likeness (QED) is 0.513. The van der Waals surface area contributed by atoms with E-state index in [1.165, 1.54) is 0 Å². The van der Waals surface area contributed by atoms with E-state index in [4.69, 9.17) is 15.5 Å². The molecule has 0 saturated carbocycles. The van der Waals surface area contributed by atoms with Crippen LogP contribution in [0.4, 0.5) is 18.9 Å². The van der Waals surface area contributed by atoms with Gasteiger partial charge in [0, 0.05) is 25.0 Å². The molecule has 0 radical (unpaired) electrons. The number of aliphatic hydroxyl groups excluding tert-OH is 2. The number of carbonyl (C=O) groups excluding carboxylic acids is 1. The van der Waals surface area contributed by atoms with Crippen LogP contribution in [0.3, 0.4) is 0 Å². The van der Waals surface area contributed by atoms with Gasteiger partial charge in [-0.05, 0) is 24.3 Å². The van der Waals surface area contributed by atoms with E-state index >= 15 is 0 Å². The lowest BCUT2D eigenvalue weighted by atomic mass is 10.2. The summed E-state index contributed by atoms with van der Waals surface area (Å²) in [5.74, 6) is -0.708. The molecule has 9 heteroatoms. The van der Waals surface area contributed by atoms with Gasteiger partial charge in [-0.15, -0.1) is 0 Å². The minimum atomic E-state index is -4.45. The molecule has 0 atom stereocenters. The zero-order valence-corrected chi connectivity index (χ0v) is 12.5. The van der Waals surface area contributed by atoms with Crippen LogP contribution >= 0.6 is 0 Å². The Balaban J connectivity index is 2.85. The highest BCUT2D eigenvalue weighted by Crippen LogP contribution is 2.29. The molecular formula is C15H16F3N3O3. The lowest BCUT2D eigenvalue weighted by Gasteiger charge is -2.20. The van der Waals surface area contributed by atoms with Crippen molar-refractivity contribution in [3.8, 4) is 6.07 Å². The molecule has 130 valence electrons. The molecule has 0 aliphatic rings. The van der Waals surface area contributed by atoms with Gasteiger partial charge in [-0.2, -0.15) is 18.4 Å². The first kappa shape index (κ1) is 19.5. The number of nitrogens with one attached hydrogen (secondary N) is 1. The number of halogens is 3. The number of carbonyl (C=O) groups is 1. The second-order valence-corrected chi connectivity index (χ2v) is 4.63. The van der Waals surface area contributed by atoms with E-state index in [2.05, 4.69) is 5.32 Å². The molecule has 3 N–H and O–H groups in total. The predicted molar refractivity (Wildman–Crippen MR) is 79.5 cm³/mol. The van der Waals surface area contributed by atoms with Crippen LogP contribution in [0.1, 0.15) is 5.56 Å². The van der Waals surface area contributed by atoms with E-state index in [0.29, 0.717) is 0 Å². The molecule has 24 heavy (non-hydrogen) atoms. The summed E-state index contributed by atoms with van der Waals surface area (Å²) in [6.45, 7) is -0.787.